The van der Waals surface area contributed by atoms with Crippen LogP contribution in [-0.4, -0.2) is 49.9 Å². The van der Waals surface area contributed by atoms with Crippen LogP contribution in [0, 0.1) is 0 Å². The number of rotatable bonds is 7. The van der Waals surface area contributed by atoms with Gasteiger partial charge in [-0.1, -0.05) is 19.1 Å². The van der Waals surface area contributed by atoms with Crippen LogP contribution in [0.25, 0.3) is 0 Å². The summed E-state index contributed by atoms with van der Waals surface area (Å²) in [7, 11) is -1.08. The molecule has 0 radical (unpaired) electrons. The van der Waals surface area contributed by atoms with E-state index in [2.05, 4.69) is 0 Å². The lowest BCUT2D eigenvalue weighted by Gasteiger charge is -2.15. The van der Waals surface area contributed by atoms with Crippen molar-refractivity contribution in [2.75, 3.05) is 31.6 Å². The van der Waals surface area contributed by atoms with Gasteiger partial charge in [0, 0.05) is 18.8 Å². The lowest BCUT2D eigenvalue weighted by atomic mass is 10.5. The number of likely N-dealkylation sites (N-methyl/N-ethyl adjacent to an activating group) is 1. The summed E-state index contributed by atoms with van der Waals surface area (Å²) in [5.74, 6) is 0.438. The van der Waals surface area contributed by atoms with Gasteiger partial charge in [-0.2, -0.15) is 0 Å². The molecule has 0 aromatic carbocycles. The van der Waals surface area contributed by atoms with E-state index in [1.807, 2.05) is 11.8 Å². The van der Waals surface area contributed by atoms with E-state index in [1.54, 1.807) is 7.05 Å². The van der Waals surface area contributed by atoms with Crippen molar-refractivity contribution in [3.63, 3.8) is 0 Å². The average Bonchev–Trinajstić information content (AvgIpc) is 2.00. The molecule has 0 aliphatic heterocycles. The third kappa shape index (κ3) is 7.23. The fraction of sp³-hybridized carbons (Fsp3) is 0.875. The molecule has 0 atom stereocenters. The monoisotopic (exact) mass is 238 g/mol. The Balaban J connectivity index is 3.87. The molecule has 0 unspecified atom stereocenters. The van der Waals surface area contributed by atoms with E-state index in [-0.39, 0.29) is 11.5 Å². The maximum Gasteiger partial charge on any atom is 0.151 e. The summed E-state index contributed by atoms with van der Waals surface area (Å²) in [6, 6.07) is 0. The first-order valence-corrected chi connectivity index (χ1v) is 6.77. The molecule has 0 amide bonds. The van der Waals surface area contributed by atoms with Crippen molar-refractivity contribution >= 4 is 27.0 Å². The molecular weight excluding hydrogens is 220 g/mol. The highest BCUT2D eigenvalue weighted by atomic mass is 32.2. The minimum atomic E-state index is -2.89. The molecule has 0 aliphatic carbocycles. The SMILES string of the molecule is CCCS(=O)(=O)CCN(C)CC(N)=S. The zero-order valence-corrected chi connectivity index (χ0v) is 10.3. The predicted octanol–water partition coefficient (Wildman–Crippen LogP) is 0.0291. The molecule has 0 fully saturated rings. The third-order valence-corrected chi connectivity index (χ3v) is 3.69. The van der Waals surface area contributed by atoms with Crippen molar-refractivity contribution in [3.05, 3.63) is 0 Å². The topological polar surface area (TPSA) is 63.4 Å². The van der Waals surface area contributed by atoms with Gasteiger partial charge in [-0.05, 0) is 13.5 Å². The average molecular weight is 238 g/mol. The van der Waals surface area contributed by atoms with E-state index in [0.29, 0.717) is 24.5 Å². The second-order valence-electron chi connectivity index (χ2n) is 3.36. The van der Waals surface area contributed by atoms with Crippen LogP contribution in [0.2, 0.25) is 0 Å². The summed E-state index contributed by atoms with van der Waals surface area (Å²) in [6.07, 6.45) is 0.668. The van der Waals surface area contributed by atoms with Crippen LogP contribution in [0.3, 0.4) is 0 Å². The zero-order valence-electron chi connectivity index (χ0n) is 8.69. The molecule has 0 spiro atoms. The van der Waals surface area contributed by atoms with Crippen LogP contribution in [0.4, 0.5) is 0 Å². The molecule has 0 rings (SSSR count). The normalized spacial score (nSPS) is 11.9. The van der Waals surface area contributed by atoms with Crippen LogP contribution in [-0.2, 0) is 9.84 Å². The fourth-order valence-corrected chi connectivity index (χ4v) is 2.69. The Kier molecular flexibility index (Phi) is 6.22. The van der Waals surface area contributed by atoms with E-state index >= 15 is 0 Å². The maximum absolute atomic E-state index is 11.3. The molecule has 0 aromatic rings. The molecular formula is C8H18N2O2S2. The Morgan fingerprint density at radius 3 is 2.43 bits per heavy atom. The van der Waals surface area contributed by atoms with Crippen LogP contribution < -0.4 is 5.73 Å². The van der Waals surface area contributed by atoms with Crippen molar-refractivity contribution in [1.82, 2.24) is 4.90 Å². The van der Waals surface area contributed by atoms with Gasteiger partial charge in [-0.3, -0.25) is 4.90 Å². The fourth-order valence-electron chi connectivity index (χ4n) is 1.05. The second kappa shape index (κ2) is 6.31. The van der Waals surface area contributed by atoms with Gasteiger partial charge in [-0.25, -0.2) is 8.42 Å². The summed E-state index contributed by atoms with van der Waals surface area (Å²) in [5.41, 5.74) is 5.33. The number of nitrogens with zero attached hydrogens (tertiary/aromatic N) is 1. The number of hydrogen-bond acceptors (Lipinski definition) is 4. The number of nitrogens with two attached hydrogens (primary N) is 1. The molecule has 0 bridgehead atoms. The molecule has 0 aromatic heterocycles. The number of sulfone groups is 1. The van der Waals surface area contributed by atoms with Crippen molar-refractivity contribution in [2.24, 2.45) is 5.73 Å². The summed E-state index contributed by atoms with van der Waals surface area (Å²) >= 11 is 4.72. The molecule has 0 heterocycles. The largest absolute Gasteiger partial charge is 0.392 e. The van der Waals surface area contributed by atoms with Crippen molar-refractivity contribution in [1.29, 1.82) is 0 Å². The van der Waals surface area contributed by atoms with Crippen LogP contribution >= 0.6 is 12.2 Å². The van der Waals surface area contributed by atoms with Crippen LogP contribution in [0.5, 0.6) is 0 Å². The smallest absolute Gasteiger partial charge is 0.151 e. The zero-order chi connectivity index (χ0) is 11.2. The molecule has 2 N–H and O–H groups in total. The minimum Gasteiger partial charge on any atom is -0.392 e. The summed E-state index contributed by atoms with van der Waals surface area (Å²) in [4.78, 5) is 2.20. The first-order chi connectivity index (χ1) is 6.37. The standard InChI is InChI=1S/C8H18N2O2S2/c1-3-5-14(11,12)6-4-10(2)7-8(9)13/h3-7H2,1-2H3,(H2,9,13). The molecule has 84 valence electrons. The Morgan fingerprint density at radius 2 is 2.00 bits per heavy atom. The molecule has 0 saturated heterocycles. The molecule has 4 nitrogen and oxygen atoms in total. The Hall–Kier alpha value is -0.200. The molecule has 0 saturated carbocycles. The van der Waals surface area contributed by atoms with Crippen molar-refractivity contribution in [2.45, 2.75) is 13.3 Å². The van der Waals surface area contributed by atoms with E-state index in [0.717, 1.165) is 0 Å². The first-order valence-electron chi connectivity index (χ1n) is 4.54. The maximum atomic E-state index is 11.3. The van der Waals surface area contributed by atoms with E-state index < -0.39 is 9.84 Å². The van der Waals surface area contributed by atoms with Crippen LogP contribution in [0.1, 0.15) is 13.3 Å². The Labute approximate surface area is 91.4 Å². The summed E-state index contributed by atoms with van der Waals surface area (Å²) in [6.45, 7) is 2.81. The van der Waals surface area contributed by atoms with Gasteiger partial charge in [0.05, 0.1) is 10.7 Å². The molecule has 6 heteroatoms. The molecule has 14 heavy (non-hydrogen) atoms. The van der Waals surface area contributed by atoms with Gasteiger partial charge in [0.1, 0.15) is 0 Å². The second-order valence-corrected chi connectivity index (χ2v) is 6.18. The quantitative estimate of drug-likeness (QED) is 0.634. The van der Waals surface area contributed by atoms with E-state index in [4.69, 9.17) is 18.0 Å². The van der Waals surface area contributed by atoms with Crippen LogP contribution in [0.15, 0.2) is 0 Å². The van der Waals surface area contributed by atoms with Gasteiger partial charge in [0.15, 0.2) is 9.84 Å². The predicted molar refractivity (Wildman–Crippen MR) is 63.2 cm³/mol. The van der Waals surface area contributed by atoms with E-state index in [9.17, 15) is 8.42 Å². The Morgan fingerprint density at radius 1 is 1.43 bits per heavy atom. The lowest BCUT2D eigenvalue weighted by molar-refractivity contribution is 0.403. The molecule has 0 aliphatic rings. The van der Waals surface area contributed by atoms with Gasteiger partial charge in [-0.15, -0.1) is 0 Å². The van der Waals surface area contributed by atoms with Gasteiger partial charge in [0.2, 0.25) is 0 Å². The van der Waals surface area contributed by atoms with Gasteiger partial charge >= 0.3 is 0 Å². The highest BCUT2D eigenvalue weighted by Gasteiger charge is 2.10. The highest BCUT2D eigenvalue weighted by Crippen LogP contribution is 1.95. The lowest BCUT2D eigenvalue weighted by Crippen LogP contribution is -2.33. The van der Waals surface area contributed by atoms with Crippen molar-refractivity contribution in [3.8, 4) is 0 Å². The number of hydrogen-bond donors (Lipinski definition) is 1. The van der Waals surface area contributed by atoms with Crippen molar-refractivity contribution < 1.29 is 8.42 Å². The third-order valence-electron chi connectivity index (χ3n) is 1.72. The number of thiocarbonyl (C=S) groups is 1. The van der Waals surface area contributed by atoms with Gasteiger partial charge < -0.3 is 5.73 Å². The van der Waals surface area contributed by atoms with E-state index in [1.165, 1.54) is 0 Å². The summed E-state index contributed by atoms with van der Waals surface area (Å²) < 4.78 is 22.7. The summed E-state index contributed by atoms with van der Waals surface area (Å²) in [5, 5.41) is 0. The highest BCUT2D eigenvalue weighted by molar-refractivity contribution is 7.91. The minimum absolute atomic E-state index is 0.181. The van der Waals surface area contributed by atoms with Gasteiger partial charge in [0.25, 0.3) is 0 Å². The first kappa shape index (κ1) is 13.8. The Bertz CT molecular complexity index is 275.